The average Bonchev–Trinajstić information content (AvgIpc) is 3.52. The Kier molecular flexibility index (Phi) is 6.10. The van der Waals surface area contributed by atoms with Crippen molar-refractivity contribution in [2.24, 2.45) is 0 Å². The Labute approximate surface area is 172 Å². The smallest absolute Gasteiger partial charge is 0.339 e. The van der Waals surface area contributed by atoms with Gasteiger partial charge in [-0.3, -0.25) is 19.7 Å². The second-order valence-electron chi connectivity index (χ2n) is 7.08. The molecule has 0 spiro atoms. The van der Waals surface area contributed by atoms with Gasteiger partial charge in [-0.25, -0.2) is 4.79 Å². The van der Waals surface area contributed by atoms with Gasteiger partial charge in [-0.15, -0.1) is 0 Å². The van der Waals surface area contributed by atoms with E-state index in [4.69, 9.17) is 4.74 Å². The van der Waals surface area contributed by atoms with E-state index in [1.54, 1.807) is 18.2 Å². The number of esters is 1. The molecule has 1 aliphatic rings. The summed E-state index contributed by atoms with van der Waals surface area (Å²) in [4.78, 5) is 46.9. The fourth-order valence-electron chi connectivity index (χ4n) is 2.72. The molecule has 1 amide bonds. The molecule has 0 saturated heterocycles. The fraction of sp³-hybridized carbons (Fsp3) is 0.286. The first-order valence-electron chi connectivity index (χ1n) is 9.42. The standard InChI is InChI=1S/C21H21N3O6/c1-12(25)14-4-3-5-17(10-14)23-20(26)13(2)30-21(27)15-6-9-18(22-16-7-8-16)19(11-15)24(28)29/h3-6,9-11,13,16,22H,7-8H2,1-2H3,(H,23,26)/t13-/m1/s1. The van der Waals surface area contributed by atoms with Crippen molar-refractivity contribution in [1.29, 1.82) is 0 Å². The lowest BCUT2D eigenvalue weighted by atomic mass is 10.1. The number of nitro groups is 1. The van der Waals surface area contributed by atoms with Gasteiger partial charge >= 0.3 is 5.97 Å². The Hall–Kier alpha value is -3.75. The first-order chi connectivity index (χ1) is 14.2. The van der Waals surface area contributed by atoms with Crippen LogP contribution in [0, 0.1) is 10.1 Å². The third-order valence-electron chi connectivity index (χ3n) is 4.56. The van der Waals surface area contributed by atoms with Crippen molar-refractivity contribution in [1.82, 2.24) is 0 Å². The molecule has 1 fully saturated rings. The van der Waals surface area contributed by atoms with E-state index in [2.05, 4.69) is 10.6 Å². The van der Waals surface area contributed by atoms with Crippen LogP contribution in [0.15, 0.2) is 42.5 Å². The van der Waals surface area contributed by atoms with Crippen LogP contribution in [-0.4, -0.2) is 34.7 Å². The maximum absolute atomic E-state index is 12.4. The molecule has 3 rings (SSSR count). The topological polar surface area (TPSA) is 128 Å². The van der Waals surface area contributed by atoms with Gasteiger partial charge < -0.3 is 15.4 Å². The van der Waals surface area contributed by atoms with Crippen molar-refractivity contribution in [3.8, 4) is 0 Å². The SMILES string of the molecule is CC(=O)c1cccc(NC(=O)[C@@H](C)OC(=O)c2ccc(NC3CC3)c([N+](=O)[O-])c2)c1. The Bertz CT molecular complexity index is 1020. The summed E-state index contributed by atoms with van der Waals surface area (Å²) in [6.07, 6.45) is 0.744. The van der Waals surface area contributed by atoms with Crippen LogP contribution in [0.3, 0.4) is 0 Å². The molecule has 0 bridgehead atoms. The monoisotopic (exact) mass is 411 g/mol. The number of hydrogen-bond donors (Lipinski definition) is 2. The number of anilines is 2. The third kappa shape index (κ3) is 5.19. The van der Waals surface area contributed by atoms with Crippen LogP contribution < -0.4 is 10.6 Å². The number of Topliss-reactive ketones (excluding diaryl/α,β-unsaturated/α-hetero) is 1. The van der Waals surface area contributed by atoms with Crippen LogP contribution >= 0.6 is 0 Å². The predicted molar refractivity (Wildman–Crippen MR) is 110 cm³/mol. The number of amides is 1. The van der Waals surface area contributed by atoms with E-state index in [-0.39, 0.29) is 23.1 Å². The Morgan fingerprint density at radius 3 is 2.50 bits per heavy atom. The normalized spacial score (nSPS) is 13.8. The average molecular weight is 411 g/mol. The van der Waals surface area contributed by atoms with E-state index in [1.807, 2.05) is 0 Å². The van der Waals surface area contributed by atoms with Crippen LogP contribution in [0.25, 0.3) is 0 Å². The molecule has 2 aromatic carbocycles. The Morgan fingerprint density at radius 2 is 1.87 bits per heavy atom. The zero-order valence-corrected chi connectivity index (χ0v) is 16.5. The summed E-state index contributed by atoms with van der Waals surface area (Å²) < 4.78 is 5.16. The minimum atomic E-state index is -1.15. The molecule has 0 aliphatic heterocycles. The number of rotatable bonds is 8. The second-order valence-corrected chi connectivity index (χ2v) is 7.08. The summed E-state index contributed by atoms with van der Waals surface area (Å²) in [5.41, 5.74) is 0.914. The van der Waals surface area contributed by atoms with Gasteiger partial charge in [-0.1, -0.05) is 12.1 Å². The molecule has 156 valence electrons. The highest BCUT2D eigenvalue weighted by atomic mass is 16.6. The first-order valence-corrected chi connectivity index (χ1v) is 9.42. The van der Waals surface area contributed by atoms with Crippen molar-refractivity contribution in [2.75, 3.05) is 10.6 Å². The molecular weight excluding hydrogens is 390 g/mol. The maximum Gasteiger partial charge on any atom is 0.339 e. The number of carbonyl (C=O) groups is 3. The van der Waals surface area contributed by atoms with Gasteiger partial charge in [0.1, 0.15) is 5.69 Å². The molecule has 1 saturated carbocycles. The number of benzene rings is 2. The summed E-state index contributed by atoms with van der Waals surface area (Å²) in [7, 11) is 0. The Morgan fingerprint density at radius 1 is 1.13 bits per heavy atom. The van der Waals surface area contributed by atoms with E-state index >= 15 is 0 Å². The summed E-state index contributed by atoms with van der Waals surface area (Å²) in [6, 6.07) is 10.6. The number of carbonyl (C=O) groups excluding carboxylic acids is 3. The molecule has 2 aromatic rings. The number of ketones is 1. The summed E-state index contributed by atoms with van der Waals surface area (Å²) >= 11 is 0. The lowest BCUT2D eigenvalue weighted by Crippen LogP contribution is -2.30. The van der Waals surface area contributed by atoms with Gasteiger partial charge in [0.05, 0.1) is 10.5 Å². The molecule has 9 heteroatoms. The van der Waals surface area contributed by atoms with Crippen LogP contribution in [0.2, 0.25) is 0 Å². The zero-order chi connectivity index (χ0) is 21.8. The third-order valence-corrected chi connectivity index (χ3v) is 4.56. The predicted octanol–water partition coefficient (Wildman–Crippen LogP) is 3.56. The van der Waals surface area contributed by atoms with Crippen molar-refractivity contribution in [3.05, 3.63) is 63.7 Å². The van der Waals surface area contributed by atoms with Crippen molar-refractivity contribution < 1.29 is 24.0 Å². The largest absolute Gasteiger partial charge is 0.449 e. The van der Waals surface area contributed by atoms with E-state index in [9.17, 15) is 24.5 Å². The number of nitrogens with one attached hydrogen (secondary N) is 2. The van der Waals surface area contributed by atoms with Crippen molar-refractivity contribution in [2.45, 2.75) is 38.8 Å². The van der Waals surface area contributed by atoms with Crippen LogP contribution in [0.5, 0.6) is 0 Å². The molecule has 0 heterocycles. The molecule has 0 aromatic heterocycles. The molecule has 0 radical (unpaired) electrons. The Balaban J connectivity index is 1.66. The fourth-order valence-corrected chi connectivity index (χ4v) is 2.72. The van der Waals surface area contributed by atoms with Gasteiger partial charge in [-0.2, -0.15) is 0 Å². The summed E-state index contributed by atoms with van der Waals surface area (Å²) in [6.45, 7) is 2.80. The minimum absolute atomic E-state index is 0.0266. The van der Waals surface area contributed by atoms with Gasteiger partial charge in [0.2, 0.25) is 0 Å². The molecule has 1 atom stereocenters. The molecular formula is C21H21N3O6. The molecule has 0 unspecified atom stereocenters. The van der Waals surface area contributed by atoms with Crippen LogP contribution in [-0.2, 0) is 9.53 Å². The van der Waals surface area contributed by atoms with Gasteiger partial charge in [0.25, 0.3) is 11.6 Å². The quantitative estimate of drug-likeness (QED) is 0.294. The van der Waals surface area contributed by atoms with Crippen LogP contribution in [0.4, 0.5) is 17.1 Å². The lowest BCUT2D eigenvalue weighted by molar-refractivity contribution is -0.384. The number of nitro benzene ring substituents is 1. The zero-order valence-electron chi connectivity index (χ0n) is 16.5. The second kappa shape index (κ2) is 8.73. The van der Waals surface area contributed by atoms with E-state index in [0.717, 1.165) is 18.9 Å². The summed E-state index contributed by atoms with van der Waals surface area (Å²) in [5, 5.41) is 17.0. The highest BCUT2D eigenvalue weighted by Gasteiger charge is 2.26. The highest BCUT2D eigenvalue weighted by Crippen LogP contribution is 2.31. The number of ether oxygens (including phenoxy) is 1. The van der Waals surface area contributed by atoms with E-state index in [0.29, 0.717) is 16.9 Å². The van der Waals surface area contributed by atoms with Gasteiger partial charge in [-0.05, 0) is 51.0 Å². The van der Waals surface area contributed by atoms with Gasteiger partial charge in [0.15, 0.2) is 11.9 Å². The number of hydrogen-bond acceptors (Lipinski definition) is 7. The molecule has 1 aliphatic carbocycles. The molecule has 9 nitrogen and oxygen atoms in total. The van der Waals surface area contributed by atoms with Crippen LogP contribution in [0.1, 0.15) is 47.4 Å². The minimum Gasteiger partial charge on any atom is -0.449 e. The number of nitrogens with zero attached hydrogens (tertiary/aromatic N) is 1. The summed E-state index contributed by atoms with van der Waals surface area (Å²) in [5.74, 6) is -1.59. The van der Waals surface area contributed by atoms with Crippen molar-refractivity contribution in [3.63, 3.8) is 0 Å². The molecule has 2 N–H and O–H groups in total. The van der Waals surface area contributed by atoms with Gasteiger partial charge in [0, 0.05) is 23.4 Å². The van der Waals surface area contributed by atoms with E-state index < -0.39 is 22.9 Å². The molecule has 30 heavy (non-hydrogen) atoms. The van der Waals surface area contributed by atoms with E-state index in [1.165, 1.54) is 32.0 Å². The van der Waals surface area contributed by atoms with Crippen molar-refractivity contribution >= 4 is 34.7 Å². The maximum atomic E-state index is 12.4. The first kappa shape index (κ1) is 21.0. The highest BCUT2D eigenvalue weighted by molar-refractivity contribution is 5.99. The lowest BCUT2D eigenvalue weighted by Gasteiger charge is -2.14.